The van der Waals surface area contributed by atoms with Gasteiger partial charge in [0.05, 0.1) is 9.50 Å². The fraction of sp³-hybridized carbons (Fsp3) is 0.154. The summed E-state index contributed by atoms with van der Waals surface area (Å²) in [4.78, 5) is 4.11. The number of nitrogens with zero attached hydrogens (tertiary/aromatic N) is 1. The van der Waals surface area contributed by atoms with Crippen molar-refractivity contribution >= 4 is 27.5 Å². The topological polar surface area (TPSA) is 48.1 Å². The quantitative estimate of drug-likeness (QED) is 0.836. The molecule has 0 saturated carbocycles. The van der Waals surface area contributed by atoms with E-state index in [0.29, 0.717) is 16.1 Å². The second kappa shape index (κ2) is 5.86. The second-order valence-electron chi connectivity index (χ2n) is 3.99. The average molecular weight is 346 g/mol. The van der Waals surface area contributed by atoms with E-state index in [1.54, 1.807) is 12.3 Å². The lowest BCUT2D eigenvalue weighted by Crippen LogP contribution is -2.07. The molecule has 19 heavy (non-hydrogen) atoms. The summed E-state index contributed by atoms with van der Waals surface area (Å²) < 4.78 is 19.6. The molecular weight excluding hydrogens is 335 g/mol. The van der Waals surface area contributed by atoms with Crippen LogP contribution in [0.1, 0.15) is 18.5 Å². The predicted octanol–water partition coefficient (Wildman–Crippen LogP) is 4.45. The van der Waals surface area contributed by atoms with E-state index in [-0.39, 0.29) is 11.1 Å². The van der Waals surface area contributed by atoms with Gasteiger partial charge in [0.2, 0.25) is 5.88 Å². The predicted molar refractivity (Wildman–Crippen MR) is 76.0 cm³/mol. The zero-order valence-electron chi connectivity index (χ0n) is 10.0. The molecule has 0 spiro atoms. The number of benzene rings is 1. The molecular formula is C13H11BrClFN2O. The monoisotopic (exact) mass is 344 g/mol. The van der Waals surface area contributed by atoms with Crippen molar-refractivity contribution in [2.75, 3.05) is 0 Å². The highest BCUT2D eigenvalue weighted by Gasteiger charge is 2.13. The molecule has 1 heterocycles. The molecule has 1 atom stereocenters. The van der Waals surface area contributed by atoms with Gasteiger partial charge in [-0.15, -0.1) is 0 Å². The number of nitrogens with two attached hydrogens (primary N) is 1. The third-order valence-corrected chi connectivity index (χ3v) is 3.38. The molecule has 0 aliphatic rings. The van der Waals surface area contributed by atoms with Gasteiger partial charge in [-0.25, -0.2) is 9.37 Å². The molecule has 0 unspecified atom stereocenters. The van der Waals surface area contributed by atoms with Crippen molar-refractivity contribution in [1.29, 1.82) is 0 Å². The van der Waals surface area contributed by atoms with Crippen molar-refractivity contribution in [3.05, 3.63) is 51.3 Å². The molecule has 1 aromatic carbocycles. The SMILES string of the molecule is C[C@H](N)c1cccnc1Oc1cc(F)c(Cl)cc1Br. The summed E-state index contributed by atoms with van der Waals surface area (Å²) in [6, 6.07) is 5.97. The third kappa shape index (κ3) is 3.23. The largest absolute Gasteiger partial charge is 0.437 e. The van der Waals surface area contributed by atoms with E-state index in [1.165, 1.54) is 12.1 Å². The molecule has 6 heteroatoms. The van der Waals surface area contributed by atoms with E-state index in [4.69, 9.17) is 22.1 Å². The number of rotatable bonds is 3. The van der Waals surface area contributed by atoms with Crippen LogP contribution in [0.3, 0.4) is 0 Å². The summed E-state index contributed by atoms with van der Waals surface area (Å²) in [6.07, 6.45) is 1.58. The first-order valence-corrected chi connectivity index (χ1v) is 6.69. The fourth-order valence-corrected chi connectivity index (χ4v) is 2.24. The Morgan fingerprint density at radius 3 is 2.89 bits per heavy atom. The van der Waals surface area contributed by atoms with E-state index >= 15 is 0 Å². The van der Waals surface area contributed by atoms with Crippen molar-refractivity contribution in [2.45, 2.75) is 13.0 Å². The normalized spacial score (nSPS) is 12.3. The zero-order valence-corrected chi connectivity index (χ0v) is 12.4. The van der Waals surface area contributed by atoms with E-state index in [9.17, 15) is 4.39 Å². The van der Waals surface area contributed by atoms with Gasteiger partial charge in [0.1, 0.15) is 11.6 Å². The van der Waals surface area contributed by atoms with Crippen molar-refractivity contribution in [3.8, 4) is 11.6 Å². The lowest BCUT2D eigenvalue weighted by molar-refractivity contribution is 0.445. The van der Waals surface area contributed by atoms with Crippen molar-refractivity contribution in [2.24, 2.45) is 5.73 Å². The summed E-state index contributed by atoms with van der Waals surface area (Å²) in [5.74, 6) is 0.0839. The fourth-order valence-electron chi connectivity index (χ4n) is 1.52. The highest BCUT2D eigenvalue weighted by Crippen LogP contribution is 2.34. The number of aromatic nitrogens is 1. The van der Waals surface area contributed by atoms with Gasteiger partial charge in [0.15, 0.2) is 0 Å². The van der Waals surface area contributed by atoms with E-state index in [0.717, 1.165) is 5.56 Å². The van der Waals surface area contributed by atoms with Crippen LogP contribution in [0.15, 0.2) is 34.9 Å². The van der Waals surface area contributed by atoms with Crippen molar-refractivity contribution < 1.29 is 9.13 Å². The molecule has 1 aromatic heterocycles. The minimum atomic E-state index is -0.557. The van der Waals surface area contributed by atoms with Crippen LogP contribution in [0.4, 0.5) is 4.39 Å². The highest BCUT2D eigenvalue weighted by molar-refractivity contribution is 9.10. The first-order chi connectivity index (χ1) is 8.99. The lowest BCUT2D eigenvalue weighted by Gasteiger charge is -2.13. The minimum Gasteiger partial charge on any atom is -0.437 e. The third-order valence-electron chi connectivity index (χ3n) is 2.47. The molecule has 100 valence electrons. The standard InChI is InChI=1S/C13H11BrClFN2O/c1-7(17)8-3-2-4-18-13(8)19-12-6-11(16)10(15)5-9(12)14/h2-7H,17H2,1H3/t7-/m0/s1. The summed E-state index contributed by atoms with van der Waals surface area (Å²) in [6.45, 7) is 1.82. The van der Waals surface area contributed by atoms with E-state index in [2.05, 4.69) is 20.9 Å². The van der Waals surface area contributed by atoms with Gasteiger partial charge in [-0.2, -0.15) is 0 Å². The maximum atomic E-state index is 13.4. The van der Waals surface area contributed by atoms with Gasteiger partial charge in [-0.3, -0.25) is 0 Å². The zero-order chi connectivity index (χ0) is 14.0. The molecule has 0 amide bonds. The Balaban J connectivity index is 2.39. The van der Waals surface area contributed by atoms with Crippen molar-refractivity contribution in [1.82, 2.24) is 4.98 Å². The molecule has 0 radical (unpaired) electrons. The van der Waals surface area contributed by atoms with Crippen LogP contribution in [0, 0.1) is 5.82 Å². The summed E-state index contributed by atoms with van der Waals surface area (Å²) in [7, 11) is 0. The smallest absolute Gasteiger partial charge is 0.224 e. The maximum absolute atomic E-state index is 13.4. The van der Waals surface area contributed by atoms with Gasteiger partial charge < -0.3 is 10.5 Å². The van der Waals surface area contributed by atoms with Gasteiger partial charge >= 0.3 is 0 Å². The molecule has 2 aromatic rings. The second-order valence-corrected chi connectivity index (χ2v) is 5.25. The average Bonchev–Trinajstić information content (AvgIpc) is 2.36. The summed E-state index contributed by atoms with van der Waals surface area (Å²) in [5, 5.41) is 0.0210. The Labute approximate surface area is 123 Å². The molecule has 3 nitrogen and oxygen atoms in total. The molecule has 2 rings (SSSR count). The Hall–Kier alpha value is -1.17. The van der Waals surface area contributed by atoms with Gasteiger partial charge in [-0.1, -0.05) is 17.7 Å². The number of halogens is 3. The van der Waals surface area contributed by atoms with E-state index in [1.807, 2.05) is 13.0 Å². The number of hydrogen-bond acceptors (Lipinski definition) is 3. The molecule has 0 aliphatic heterocycles. The van der Waals surface area contributed by atoms with Crippen LogP contribution in [0.5, 0.6) is 11.6 Å². The summed E-state index contributed by atoms with van der Waals surface area (Å²) in [5.41, 5.74) is 6.57. The van der Waals surface area contributed by atoms with Crippen molar-refractivity contribution in [3.63, 3.8) is 0 Å². The molecule has 0 saturated heterocycles. The first-order valence-electron chi connectivity index (χ1n) is 5.52. The minimum absolute atomic E-state index is 0.0210. The molecule has 2 N–H and O–H groups in total. The molecule has 0 bridgehead atoms. The van der Waals surface area contributed by atoms with Crippen LogP contribution in [-0.2, 0) is 0 Å². The highest BCUT2D eigenvalue weighted by atomic mass is 79.9. The Morgan fingerprint density at radius 1 is 1.47 bits per heavy atom. The maximum Gasteiger partial charge on any atom is 0.224 e. The van der Waals surface area contributed by atoms with Gasteiger partial charge in [0.25, 0.3) is 0 Å². The van der Waals surface area contributed by atoms with Crippen LogP contribution in [0.25, 0.3) is 0 Å². The Morgan fingerprint density at radius 2 is 2.21 bits per heavy atom. The first kappa shape index (κ1) is 14.2. The van der Waals surface area contributed by atoms with Gasteiger partial charge in [-0.05, 0) is 35.0 Å². The number of pyridine rings is 1. The van der Waals surface area contributed by atoms with Gasteiger partial charge in [0, 0.05) is 23.9 Å². The van der Waals surface area contributed by atoms with Crippen LogP contribution < -0.4 is 10.5 Å². The number of hydrogen-bond donors (Lipinski definition) is 1. The molecule has 0 aliphatic carbocycles. The Bertz CT molecular complexity index is 607. The van der Waals surface area contributed by atoms with Crippen LogP contribution in [0.2, 0.25) is 5.02 Å². The lowest BCUT2D eigenvalue weighted by atomic mass is 10.1. The van der Waals surface area contributed by atoms with E-state index < -0.39 is 5.82 Å². The van der Waals surface area contributed by atoms with Crippen LogP contribution >= 0.6 is 27.5 Å². The Kier molecular flexibility index (Phi) is 4.39. The van der Waals surface area contributed by atoms with Crippen LogP contribution in [-0.4, -0.2) is 4.98 Å². The number of ether oxygens (including phenoxy) is 1. The summed E-state index contributed by atoms with van der Waals surface area (Å²) >= 11 is 8.94. The molecule has 0 fully saturated rings.